The zero-order chi connectivity index (χ0) is 11.5. The highest BCUT2D eigenvalue weighted by Crippen LogP contribution is 2.13. The second kappa shape index (κ2) is 5.47. The highest BCUT2D eigenvalue weighted by molar-refractivity contribution is 14.1. The van der Waals surface area contributed by atoms with Gasteiger partial charge in [-0.1, -0.05) is 12.1 Å². The molecule has 1 aromatic carbocycles. The van der Waals surface area contributed by atoms with E-state index in [1.54, 1.807) is 0 Å². The Balaban J connectivity index is 2.00. The summed E-state index contributed by atoms with van der Waals surface area (Å²) in [5.41, 5.74) is 1.42. The summed E-state index contributed by atoms with van der Waals surface area (Å²) in [6.07, 6.45) is 0. The van der Waals surface area contributed by atoms with Crippen molar-refractivity contribution in [3.63, 3.8) is 0 Å². The molecule has 3 heteroatoms. The number of hydrogen-bond acceptors (Lipinski definition) is 2. The molecule has 0 radical (unpaired) electrons. The Morgan fingerprint density at radius 2 is 2.00 bits per heavy atom. The molecule has 0 saturated carbocycles. The first-order chi connectivity index (χ1) is 7.65. The minimum Gasteiger partial charge on any atom is -0.311 e. The van der Waals surface area contributed by atoms with Crippen LogP contribution in [0.3, 0.4) is 0 Å². The Kier molecular flexibility index (Phi) is 4.21. The predicted molar refractivity (Wildman–Crippen MR) is 76.5 cm³/mol. The van der Waals surface area contributed by atoms with E-state index in [-0.39, 0.29) is 0 Å². The monoisotopic (exact) mass is 330 g/mol. The van der Waals surface area contributed by atoms with Crippen LogP contribution in [0.15, 0.2) is 24.3 Å². The fourth-order valence-electron chi connectivity index (χ4n) is 2.14. The highest BCUT2D eigenvalue weighted by atomic mass is 127. The molecule has 0 bridgehead atoms. The molecule has 88 valence electrons. The van der Waals surface area contributed by atoms with Crippen molar-refractivity contribution in [2.24, 2.45) is 0 Å². The van der Waals surface area contributed by atoms with E-state index in [1.165, 1.54) is 9.13 Å². The molecular weight excluding hydrogens is 311 g/mol. The van der Waals surface area contributed by atoms with Gasteiger partial charge in [0.25, 0.3) is 0 Å². The lowest BCUT2D eigenvalue weighted by atomic mass is 10.1. The lowest BCUT2D eigenvalue weighted by molar-refractivity contribution is 0.139. The molecule has 0 amide bonds. The van der Waals surface area contributed by atoms with Crippen LogP contribution in [0.5, 0.6) is 0 Å². The number of benzene rings is 1. The first-order valence-electron chi connectivity index (χ1n) is 5.87. The van der Waals surface area contributed by atoms with Gasteiger partial charge < -0.3 is 5.32 Å². The van der Waals surface area contributed by atoms with Gasteiger partial charge in [0.05, 0.1) is 0 Å². The smallest absolute Gasteiger partial charge is 0.0237 e. The van der Waals surface area contributed by atoms with Crippen molar-refractivity contribution >= 4 is 22.6 Å². The second-order valence-corrected chi connectivity index (χ2v) is 5.96. The Hall–Kier alpha value is -0.130. The third-order valence-electron chi connectivity index (χ3n) is 3.19. The molecule has 1 fully saturated rings. The fraction of sp³-hybridized carbons (Fsp3) is 0.538. The zero-order valence-corrected chi connectivity index (χ0v) is 12.1. The van der Waals surface area contributed by atoms with E-state index in [9.17, 15) is 0 Å². The van der Waals surface area contributed by atoms with Crippen LogP contribution in [-0.4, -0.2) is 30.1 Å². The Bertz CT molecular complexity index is 336. The van der Waals surface area contributed by atoms with Crippen LogP contribution in [0.25, 0.3) is 0 Å². The third kappa shape index (κ3) is 3.18. The number of nitrogens with zero attached hydrogens (tertiary/aromatic N) is 1. The van der Waals surface area contributed by atoms with Gasteiger partial charge >= 0.3 is 0 Å². The maximum Gasteiger partial charge on any atom is 0.0237 e. The number of nitrogens with one attached hydrogen (secondary N) is 1. The molecule has 1 heterocycles. The van der Waals surface area contributed by atoms with Crippen molar-refractivity contribution in [1.82, 2.24) is 10.2 Å². The minimum absolute atomic E-state index is 0.611. The number of piperazine rings is 1. The lowest BCUT2D eigenvalue weighted by Crippen LogP contribution is -2.53. The average Bonchev–Trinajstić information content (AvgIpc) is 2.27. The highest BCUT2D eigenvalue weighted by Gasteiger charge is 2.21. The molecule has 1 saturated heterocycles. The van der Waals surface area contributed by atoms with Crippen molar-refractivity contribution in [2.45, 2.75) is 32.5 Å². The van der Waals surface area contributed by atoms with Crippen molar-refractivity contribution < 1.29 is 0 Å². The number of hydrogen-bond donors (Lipinski definition) is 1. The molecule has 1 aromatic rings. The SMILES string of the molecule is CC1CN(Cc2ccc(I)cc2)C(C)CN1. The molecular formula is C13H19IN2. The molecule has 16 heavy (non-hydrogen) atoms. The van der Waals surface area contributed by atoms with Crippen LogP contribution in [-0.2, 0) is 6.54 Å². The fourth-order valence-corrected chi connectivity index (χ4v) is 2.50. The van der Waals surface area contributed by atoms with Crippen molar-refractivity contribution in [3.05, 3.63) is 33.4 Å². The van der Waals surface area contributed by atoms with Crippen molar-refractivity contribution in [2.75, 3.05) is 13.1 Å². The standard InChI is InChI=1S/C13H19IN2/c1-10-8-16(11(2)7-15-10)9-12-3-5-13(14)6-4-12/h3-6,10-11,15H,7-9H2,1-2H3. The first kappa shape index (κ1) is 12.3. The van der Waals surface area contributed by atoms with Gasteiger partial charge in [-0.25, -0.2) is 0 Å². The lowest BCUT2D eigenvalue weighted by Gasteiger charge is -2.37. The van der Waals surface area contributed by atoms with Gasteiger partial charge in [0.1, 0.15) is 0 Å². The third-order valence-corrected chi connectivity index (χ3v) is 3.91. The summed E-state index contributed by atoms with van der Waals surface area (Å²) in [5, 5.41) is 3.51. The quantitative estimate of drug-likeness (QED) is 0.838. The normalized spacial score (nSPS) is 26.9. The van der Waals surface area contributed by atoms with E-state index in [0.29, 0.717) is 12.1 Å². The van der Waals surface area contributed by atoms with E-state index >= 15 is 0 Å². The molecule has 1 aliphatic heterocycles. The average molecular weight is 330 g/mol. The number of rotatable bonds is 2. The maximum atomic E-state index is 3.51. The first-order valence-corrected chi connectivity index (χ1v) is 6.95. The van der Waals surface area contributed by atoms with Crippen LogP contribution < -0.4 is 5.32 Å². The van der Waals surface area contributed by atoms with Gasteiger partial charge in [0.2, 0.25) is 0 Å². The topological polar surface area (TPSA) is 15.3 Å². The van der Waals surface area contributed by atoms with Crippen LogP contribution >= 0.6 is 22.6 Å². The molecule has 2 unspecified atom stereocenters. The van der Waals surface area contributed by atoms with E-state index < -0.39 is 0 Å². The van der Waals surface area contributed by atoms with E-state index in [2.05, 4.69) is 70.9 Å². The van der Waals surface area contributed by atoms with Crippen LogP contribution in [0, 0.1) is 3.57 Å². The molecule has 1 N–H and O–H groups in total. The van der Waals surface area contributed by atoms with Crippen molar-refractivity contribution in [3.8, 4) is 0 Å². The van der Waals surface area contributed by atoms with Crippen LogP contribution in [0.4, 0.5) is 0 Å². The van der Waals surface area contributed by atoms with E-state index in [4.69, 9.17) is 0 Å². The molecule has 2 nitrogen and oxygen atoms in total. The van der Waals surface area contributed by atoms with Gasteiger partial charge in [-0.2, -0.15) is 0 Å². The summed E-state index contributed by atoms with van der Waals surface area (Å²) < 4.78 is 1.31. The van der Waals surface area contributed by atoms with Crippen molar-refractivity contribution in [1.29, 1.82) is 0 Å². The molecule has 0 aliphatic carbocycles. The molecule has 1 aliphatic rings. The van der Waals surface area contributed by atoms with Crippen LogP contribution in [0.1, 0.15) is 19.4 Å². The van der Waals surface area contributed by atoms with Gasteiger partial charge in [0.15, 0.2) is 0 Å². The maximum absolute atomic E-state index is 3.51. The van der Waals surface area contributed by atoms with E-state index in [1.807, 2.05) is 0 Å². The summed E-state index contributed by atoms with van der Waals surface area (Å²) in [7, 11) is 0. The molecule has 0 spiro atoms. The van der Waals surface area contributed by atoms with Crippen LogP contribution in [0.2, 0.25) is 0 Å². The Morgan fingerprint density at radius 1 is 1.31 bits per heavy atom. The predicted octanol–water partition coefficient (Wildman–Crippen LogP) is 2.47. The Labute approximate surface area is 112 Å². The Morgan fingerprint density at radius 3 is 2.69 bits per heavy atom. The van der Waals surface area contributed by atoms with E-state index in [0.717, 1.165) is 19.6 Å². The van der Waals surface area contributed by atoms with Gasteiger partial charge in [-0.15, -0.1) is 0 Å². The zero-order valence-electron chi connectivity index (χ0n) is 9.91. The molecule has 2 atom stereocenters. The number of halogens is 1. The summed E-state index contributed by atoms with van der Waals surface area (Å²) in [4.78, 5) is 2.56. The summed E-state index contributed by atoms with van der Waals surface area (Å²) >= 11 is 2.35. The second-order valence-electron chi connectivity index (χ2n) is 4.71. The summed E-state index contributed by atoms with van der Waals surface area (Å²) in [5.74, 6) is 0. The summed E-state index contributed by atoms with van der Waals surface area (Å²) in [6.45, 7) is 7.88. The summed E-state index contributed by atoms with van der Waals surface area (Å²) in [6, 6.07) is 10.1. The molecule has 0 aromatic heterocycles. The van der Waals surface area contributed by atoms with Gasteiger partial charge in [-0.3, -0.25) is 4.90 Å². The molecule has 2 rings (SSSR count). The van der Waals surface area contributed by atoms with Gasteiger partial charge in [0, 0.05) is 35.3 Å². The minimum atomic E-state index is 0.611. The van der Waals surface area contributed by atoms with Gasteiger partial charge in [-0.05, 0) is 54.1 Å². The largest absolute Gasteiger partial charge is 0.311 e.